The number of anilines is 1. The Morgan fingerprint density at radius 3 is 2.52 bits per heavy atom. The number of amidine groups is 1. The van der Waals surface area contributed by atoms with Gasteiger partial charge < -0.3 is 15.6 Å². The van der Waals surface area contributed by atoms with Crippen molar-refractivity contribution in [2.24, 2.45) is 11.1 Å². The molecule has 2 aromatic heterocycles. The summed E-state index contributed by atoms with van der Waals surface area (Å²) in [7, 11) is -1.24. The summed E-state index contributed by atoms with van der Waals surface area (Å²) in [5.74, 6) is -1.03. The fourth-order valence-electron chi connectivity index (χ4n) is 7.22. The Hall–Kier alpha value is -3.25. The summed E-state index contributed by atoms with van der Waals surface area (Å²) in [5.41, 5.74) is 5.01. The van der Waals surface area contributed by atoms with Crippen LogP contribution in [0.5, 0.6) is 5.88 Å². The van der Waals surface area contributed by atoms with Crippen LogP contribution in [0.3, 0.4) is 0 Å². The Kier molecular flexibility index (Phi) is 7.99. The number of nitrogens with two attached hydrogens (primary N) is 1. The number of unbranched alkanes of at least 4 members (excludes halogenated alkanes) is 1. The molecule has 0 atom stereocenters. The van der Waals surface area contributed by atoms with Crippen molar-refractivity contribution in [1.82, 2.24) is 14.1 Å². The maximum absolute atomic E-state index is 13.9. The van der Waals surface area contributed by atoms with Crippen molar-refractivity contribution in [3.63, 3.8) is 0 Å². The van der Waals surface area contributed by atoms with Gasteiger partial charge in [-0.3, -0.25) is 34.0 Å². The third kappa shape index (κ3) is 5.12. The molecule has 2 fully saturated rings. The molecule has 0 aromatic carbocycles. The van der Waals surface area contributed by atoms with Crippen molar-refractivity contribution in [2.45, 2.75) is 102 Å². The van der Waals surface area contributed by atoms with Gasteiger partial charge in [0.05, 0.1) is 16.8 Å². The first-order chi connectivity index (χ1) is 19.8. The van der Waals surface area contributed by atoms with E-state index in [1.807, 2.05) is 19.1 Å². The van der Waals surface area contributed by atoms with E-state index in [-0.39, 0.29) is 36.2 Å². The van der Waals surface area contributed by atoms with Crippen LogP contribution in [0.1, 0.15) is 75.6 Å². The molecule has 3 aliphatic rings. The highest BCUT2D eigenvalue weighted by molar-refractivity contribution is 6.76. The van der Waals surface area contributed by atoms with Gasteiger partial charge in [0.2, 0.25) is 11.8 Å². The summed E-state index contributed by atoms with van der Waals surface area (Å²) in [6.45, 7) is 9.98. The topological polar surface area (TPSA) is 157 Å². The van der Waals surface area contributed by atoms with Crippen LogP contribution in [0.4, 0.5) is 5.69 Å². The third-order valence-electron chi connectivity index (χ3n) is 9.49. The van der Waals surface area contributed by atoms with Crippen LogP contribution in [-0.4, -0.2) is 52.4 Å². The van der Waals surface area contributed by atoms with E-state index < -0.39 is 36.5 Å². The zero-order chi connectivity index (χ0) is 30.4. The Bertz CT molecular complexity index is 1490. The molecule has 2 spiro atoms. The lowest BCUT2D eigenvalue weighted by molar-refractivity contribution is -0.136. The second-order valence-electron chi connectivity index (χ2n) is 13.7. The third-order valence-corrected chi connectivity index (χ3v) is 11.2. The van der Waals surface area contributed by atoms with Crippen molar-refractivity contribution in [1.29, 1.82) is 5.41 Å². The maximum atomic E-state index is 13.9. The molecule has 11 nitrogen and oxygen atoms in total. The molecule has 5 rings (SSSR count). The minimum Gasteiger partial charge on any atom is -0.494 e. The minimum absolute atomic E-state index is 0.0524. The highest BCUT2D eigenvalue weighted by atomic mass is 28.3. The second-order valence-corrected chi connectivity index (χ2v) is 19.3. The Morgan fingerprint density at radius 2 is 1.90 bits per heavy atom. The average molecular weight is 597 g/mol. The van der Waals surface area contributed by atoms with E-state index in [1.54, 1.807) is 11.1 Å². The van der Waals surface area contributed by atoms with Gasteiger partial charge in [0.15, 0.2) is 0 Å². The molecule has 2 aromatic rings. The monoisotopic (exact) mass is 596 g/mol. The number of ether oxygens (including phenoxy) is 1. The number of aromatic nitrogens is 3. The molecular formula is C30H44N6O5Si. The van der Waals surface area contributed by atoms with Crippen LogP contribution < -0.4 is 21.9 Å². The number of carbonyl (C=O) groups is 1. The van der Waals surface area contributed by atoms with Crippen LogP contribution in [0.25, 0.3) is 0 Å². The van der Waals surface area contributed by atoms with Crippen molar-refractivity contribution in [3.05, 3.63) is 50.4 Å². The van der Waals surface area contributed by atoms with E-state index >= 15 is 0 Å². The van der Waals surface area contributed by atoms with Gasteiger partial charge >= 0.3 is 5.69 Å². The summed E-state index contributed by atoms with van der Waals surface area (Å²) < 4.78 is 8.35. The molecule has 2 saturated carbocycles. The number of nitrogens with one attached hydrogen (secondary N) is 1. The van der Waals surface area contributed by atoms with E-state index in [2.05, 4.69) is 24.6 Å². The highest BCUT2D eigenvalue weighted by Crippen LogP contribution is 2.66. The Morgan fingerprint density at radius 1 is 1.21 bits per heavy atom. The summed E-state index contributed by atoms with van der Waals surface area (Å²) in [6, 6.07) is 4.48. The lowest BCUT2D eigenvalue weighted by atomic mass is 9.47. The number of nitrogens with zero attached hydrogens (tertiary/aromatic N) is 4. The fraction of sp³-hybridized carbons (Fsp3) is 0.633. The van der Waals surface area contributed by atoms with E-state index in [4.69, 9.17) is 15.9 Å². The van der Waals surface area contributed by atoms with Crippen LogP contribution in [0, 0.1) is 10.8 Å². The van der Waals surface area contributed by atoms with Crippen LogP contribution >= 0.6 is 0 Å². The zero-order valence-corrected chi connectivity index (χ0v) is 26.2. The summed E-state index contributed by atoms with van der Waals surface area (Å²) >= 11 is 0. The molecule has 228 valence electrons. The molecule has 2 aliphatic carbocycles. The lowest BCUT2D eigenvalue weighted by Crippen LogP contribution is -2.57. The molecule has 0 unspecified atom stereocenters. The standard InChI is InChI=1S/C30H44N6O5Si/c1-5-6-14-34-25(37)22(24(31)32)26(38)36(28(34)40)20-9-11-29(12-10-20)17-30(18-29)23-21(8-7-13-33-23)35(27(30)39)19-41-15-16-42(2,3)4/h7-8,13,20,37H,5-6,9-12,14-19H2,1-4H3,(H3,31,32). The number of nitrogen functional groups attached to an aromatic ring is 1. The molecule has 4 N–H and O–H groups in total. The van der Waals surface area contributed by atoms with E-state index in [0.29, 0.717) is 38.7 Å². The van der Waals surface area contributed by atoms with Crippen molar-refractivity contribution in [2.75, 3.05) is 18.2 Å². The van der Waals surface area contributed by atoms with Gasteiger partial charge in [0.25, 0.3) is 5.56 Å². The molecule has 1 amide bonds. The second kappa shape index (κ2) is 11.1. The molecular weight excluding hydrogens is 552 g/mol. The number of fused-ring (bicyclic) bond motifs is 2. The van der Waals surface area contributed by atoms with E-state index in [9.17, 15) is 19.5 Å². The van der Waals surface area contributed by atoms with Gasteiger partial charge in [0, 0.05) is 33.5 Å². The molecule has 0 saturated heterocycles. The average Bonchev–Trinajstić information content (AvgIpc) is 3.14. The normalized spacial score (nSPS) is 25.2. The maximum Gasteiger partial charge on any atom is 0.334 e. The number of hydrogen-bond acceptors (Lipinski definition) is 7. The molecule has 42 heavy (non-hydrogen) atoms. The van der Waals surface area contributed by atoms with Gasteiger partial charge in [-0.2, -0.15) is 0 Å². The van der Waals surface area contributed by atoms with Crippen LogP contribution in [0.15, 0.2) is 27.9 Å². The number of amides is 1. The number of carbonyl (C=O) groups excluding carboxylic acids is 1. The summed E-state index contributed by atoms with van der Waals surface area (Å²) in [4.78, 5) is 47.0. The quantitative estimate of drug-likeness (QED) is 0.163. The van der Waals surface area contributed by atoms with Crippen molar-refractivity contribution < 1.29 is 14.6 Å². The van der Waals surface area contributed by atoms with Gasteiger partial charge in [-0.1, -0.05) is 33.0 Å². The number of hydrogen-bond donors (Lipinski definition) is 3. The molecule has 1 aliphatic heterocycles. The largest absolute Gasteiger partial charge is 0.494 e. The van der Waals surface area contributed by atoms with Gasteiger partial charge in [-0.15, -0.1) is 0 Å². The summed E-state index contributed by atoms with van der Waals surface area (Å²) in [5, 5.41) is 18.5. The minimum atomic E-state index is -1.24. The lowest BCUT2D eigenvalue weighted by Gasteiger charge is -2.56. The predicted molar refractivity (Wildman–Crippen MR) is 164 cm³/mol. The first kappa shape index (κ1) is 30.2. The van der Waals surface area contributed by atoms with Gasteiger partial charge in [-0.25, -0.2) is 4.79 Å². The Balaban J connectivity index is 1.33. The first-order valence-electron chi connectivity index (χ1n) is 15.1. The number of aromatic hydroxyl groups is 1. The fourth-order valence-corrected chi connectivity index (χ4v) is 7.98. The van der Waals surface area contributed by atoms with Crippen LogP contribution in [-0.2, 0) is 21.5 Å². The van der Waals surface area contributed by atoms with E-state index in [0.717, 1.165) is 36.7 Å². The molecule has 0 bridgehead atoms. The molecule has 3 heterocycles. The van der Waals surface area contributed by atoms with Crippen molar-refractivity contribution in [3.8, 4) is 5.88 Å². The molecule has 0 radical (unpaired) electrons. The number of pyridine rings is 1. The van der Waals surface area contributed by atoms with Gasteiger partial charge in [-0.05, 0) is 68.5 Å². The SMILES string of the molecule is CCCCn1c(O)c(C(=N)N)c(=O)n(C2CCC3(CC2)CC2(C3)C(=O)N(COCC[Si](C)(C)C)c3cccnc32)c1=O. The zero-order valence-electron chi connectivity index (χ0n) is 25.2. The molecule has 12 heteroatoms. The van der Waals surface area contributed by atoms with E-state index in [1.165, 1.54) is 9.13 Å². The van der Waals surface area contributed by atoms with Crippen LogP contribution in [0.2, 0.25) is 25.7 Å². The summed E-state index contributed by atoms with van der Waals surface area (Å²) in [6.07, 6.45) is 7.27. The predicted octanol–water partition coefficient (Wildman–Crippen LogP) is 3.69. The van der Waals surface area contributed by atoms with Crippen molar-refractivity contribution >= 4 is 25.5 Å². The number of rotatable bonds is 10. The highest BCUT2D eigenvalue weighted by Gasteiger charge is 2.65. The smallest absolute Gasteiger partial charge is 0.334 e. The van der Waals surface area contributed by atoms with Gasteiger partial charge in [0.1, 0.15) is 18.1 Å². The first-order valence-corrected chi connectivity index (χ1v) is 18.8. The Labute approximate surface area is 247 Å².